The van der Waals surface area contributed by atoms with E-state index in [-0.39, 0.29) is 0 Å². The fraction of sp³-hybridized carbons (Fsp3) is 0.286. The molecule has 1 aromatic carbocycles. The van der Waals surface area contributed by atoms with Gasteiger partial charge in [-0.1, -0.05) is 37.3 Å². The van der Waals surface area contributed by atoms with Gasteiger partial charge < -0.3 is 5.32 Å². The summed E-state index contributed by atoms with van der Waals surface area (Å²) in [6.45, 7) is 4.12. The predicted molar refractivity (Wildman–Crippen MR) is 70.7 cm³/mol. The molecule has 0 aliphatic rings. The van der Waals surface area contributed by atoms with Gasteiger partial charge in [-0.15, -0.1) is 11.3 Å². The summed E-state index contributed by atoms with van der Waals surface area (Å²) in [6, 6.07) is 15.0. The summed E-state index contributed by atoms with van der Waals surface area (Å²) in [7, 11) is 0. The molecule has 2 aromatic rings. The van der Waals surface area contributed by atoms with E-state index >= 15 is 0 Å². The summed E-state index contributed by atoms with van der Waals surface area (Å²) in [6.07, 6.45) is 1.14. The van der Waals surface area contributed by atoms with Crippen molar-refractivity contribution in [2.24, 2.45) is 0 Å². The highest BCUT2D eigenvalue weighted by Gasteiger charge is 1.98. The molecular formula is C14H17NS. The molecule has 2 rings (SSSR count). The fourth-order valence-electron chi connectivity index (χ4n) is 1.63. The highest BCUT2D eigenvalue weighted by molar-refractivity contribution is 7.11. The van der Waals surface area contributed by atoms with Crippen LogP contribution in [-0.4, -0.2) is 0 Å². The molecule has 0 bridgehead atoms. The van der Waals surface area contributed by atoms with Crippen LogP contribution in [0.15, 0.2) is 42.5 Å². The van der Waals surface area contributed by atoms with Gasteiger partial charge in [-0.05, 0) is 24.1 Å². The molecule has 0 radical (unpaired) electrons. The highest BCUT2D eigenvalue weighted by Crippen LogP contribution is 2.16. The summed E-state index contributed by atoms with van der Waals surface area (Å²) in [4.78, 5) is 2.89. The Hall–Kier alpha value is -1.12. The lowest BCUT2D eigenvalue weighted by Crippen LogP contribution is -2.11. The fourth-order valence-corrected chi connectivity index (χ4v) is 2.56. The lowest BCUT2D eigenvalue weighted by Gasteiger charge is -2.02. The molecule has 1 nitrogen and oxygen atoms in total. The van der Waals surface area contributed by atoms with E-state index in [4.69, 9.17) is 0 Å². The minimum absolute atomic E-state index is 0.945. The van der Waals surface area contributed by atoms with Gasteiger partial charge >= 0.3 is 0 Å². The smallest absolute Gasteiger partial charge is 0.0303 e. The van der Waals surface area contributed by atoms with Crippen molar-refractivity contribution in [2.45, 2.75) is 26.4 Å². The zero-order valence-electron chi connectivity index (χ0n) is 9.57. The third-order valence-corrected chi connectivity index (χ3v) is 3.77. The number of hydrogen-bond donors (Lipinski definition) is 1. The molecule has 0 fully saturated rings. The maximum atomic E-state index is 3.47. The van der Waals surface area contributed by atoms with Crippen LogP contribution in [0.3, 0.4) is 0 Å². The molecule has 0 spiro atoms. The van der Waals surface area contributed by atoms with Gasteiger partial charge in [-0.25, -0.2) is 0 Å². The Balaban J connectivity index is 1.80. The van der Waals surface area contributed by atoms with E-state index in [1.165, 1.54) is 15.3 Å². The van der Waals surface area contributed by atoms with Crippen molar-refractivity contribution >= 4 is 11.3 Å². The number of thiophene rings is 1. The summed E-state index contributed by atoms with van der Waals surface area (Å²) in [5.41, 5.74) is 1.34. The molecule has 1 aromatic heterocycles. The van der Waals surface area contributed by atoms with Gasteiger partial charge in [0.15, 0.2) is 0 Å². The van der Waals surface area contributed by atoms with Gasteiger partial charge in [-0.2, -0.15) is 0 Å². The molecule has 0 saturated heterocycles. The standard InChI is InChI=1S/C14H17NS/c1-2-13-8-9-14(16-13)11-15-10-12-6-4-3-5-7-12/h3-9,15H,2,10-11H2,1H3. The molecular weight excluding hydrogens is 214 g/mol. The van der Waals surface area contributed by atoms with Crippen molar-refractivity contribution in [3.8, 4) is 0 Å². The Morgan fingerprint density at radius 2 is 1.69 bits per heavy atom. The summed E-state index contributed by atoms with van der Waals surface area (Å²) < 4.78 is 0. The third-order valence-electron chi connectivity index (χ3n) is 2.54. The number of nitrogens with one attached hydrogen (secondary N) is 1. The molecule has 1 N–H and O–H groups in total. The molecule has 1 heterocycles. The van der Waals surface area contributed by atoms with Crippen molar-refractivity contribution in [3.05, 3.63) is 57.8 Å². The van der Waals surface area contributed by atoms with Crippen molar-refractivity contribution in [1.82, 2.24) is 5.32 Å². The molecule has 2 heteroatoms. The number of hydrogen-bond acceptors (Lipinski definition) is 2. The molecule has 0 aliphatic carbocycles. The van der Waals surface area contributed by atoms with Crippen LogP contribution in [0.2, 0.25) is 0 Å². The molecule has 16 heavy (non-hydrogen) atoms. The first kappa shape index (κ1) is 11.4. The molecule has 0 unspecified atom stereocenters. The van der Waals surface area contributed by atoms with Crippen molar-refractivity contribution in [3.63, 3.8) is 0 Å². The zero-order valence-corrected chi connectivity index (χ0v) is 10.4. The van der Waals surface area contributed by atoms with Gasteiger partial charge in [0, 0.05) is 22.8 Å². The van der Waals surface area contributed by atoms with Crippen molar-refractivity contribution < 1.29 is 0 Å². The number of benzene rings is 1. The van der Waals surface area contributed by atoms with Gasteiger partial charge in [-0.3, -0.25) is 0 Å². The molecule has 0 saturated carbocycles. The first-order valence-corrected chi connectivity index (χ1v) is 6.52. The van der Waals surface area contributed by atoms with Crippen LogP contribution in [0, 0.1) is 0 Å². The van der Waals surface area contributed by atoms with E-state index in [0.717, 1.165) is 19.5 Å². The second kappa shape index (κ2) is 5.83. The lowest BCUT2D eigenvalue weighted by atomic mass is 10.2. The number of aryl methyl sites for hydroxylation is 1. The summed E-state index contributed by atoms with van der Waals surface area (Å²) >= 11 is 1.91. The van der Waals surface area contributed by atoms with Crippen molar-refractivity contribution in [1.29, 1.82) is 0 Å². The van der Waals surface area contributed by atoms with E-state index in [1.54, 1.807) is 0 Å². The average molecular weight is 231 g/mol. The Kier molecular flexibility index (Phi) is 4.14. The van der Waals surface area contributed by atoms with Gasteiger partial charge in [0.25, 0.3) is 0 Å². The highest BCUT2D eigenvalue weighted by atomic mass is 32.1. The summed E-state index contributed by atoms with van der Waals surface area (Å²) in [5.74, 6) is 0. The molecule has 0 aliphatic heterocycles. The van der Waals surface area contributed by atoms with E-state index in [2.05, 4.69) is 54.7 Å². The molecule has 0 atom stereocenters. The quantitative estimate of drug-likeness (QED) is 0.829. The van der Waals surface area contributed by atoms with Gasteiger partial charge in [0.1, 0.15) is 0 Å². The van der Waals surface area contributed by atoms with Crippen LogP contribution < -0.4 is 5.32 Å². The zero-order chi connectivity index (χ0) is 11.2. The van der Waals surface area contributed by atoms with Crippen LogP contribution >= 0.6 is 11.3 Å². The maximum absolute atomic E-state index is 3.47. The maximum Gasteiger partial charge on any atom is 0.0303 e. The van der Waals surface area contributed by atoms with Gasteiger partial charge in [0.2, 0.25) is 0 Å². The Morgan fingerprint density at radius 3 is 2.38 bits per heavy atom. The van der Waals surface area contributed by atoms with Crippen LogP contribution in [0.25, 0.3) is 0 Å². The Bertz CT molecular complexity index is 419. The van der Waals surface area contributed by atoms with Gasteiger partial charge in [0.05, 0.1) is 0 Å². The first-order chi connectivity index (χ1) is 7.88. The third kappa shape index (κ3) is 3.19. The monoisotopic (exact) mass is 231 g/mol. The second-order valence-electron chi connectivity index (χ2n) is 3.81. The van der Waals surface area contributed by atoms with Crippen LogP contribution in [0.4, 0.5) is 0 Å². The molecule has 0 amide bonds. The minimum atomic E-state index is 0.945. The summed E-state index contributed by atoms with van der Waals surface area (Å²) in [5, 5.41) is 3.47. The Morgan fingerprint density at radius 1 is 0.938 bits per heavy atom. The average Bonchev–Trinajstić information content (AvgIpc) is 2.78. The predicted octanol–water partition coefficient (Wildman–Crippen LogP) is 3.60. The number of rotatable bonds is 5. The van der Waals surface area contributed by atoms with E-state index < -0.39 is 0 Å². The second-order valence-corrected chi connectivity index (χ2v) is 5.06. The topological polar surface area (TPSA) is 12.0 Å². The first-order valence-electron chi connectivity index (χ1n) is 5.70. The minimum Gasteiger partial charge on any atom is -0.308 e. The van der Waals surface area contributed by atoms with E-state index in [9.17, 15) is 0 Å². The SMILES string of the molecule is CCc1ccc(CNCc2ccccc2)s1. The van der Waals surface area contributed by atoms with E-state index in [1.807, 2.05) is 11.3 Å². The van der Waals surface area contributed by atoms with Crippen molar-refractivity contribution in [2.75, 3.05) is 0 Å². The Labute approximate surface area is 101 Å². The van der Waals surface area contributed by atoms with Crippen LogP contribution in [0.5, 0.6) is 0 Å². The molecule has 84 valence electrons. The lowest BCUT2D eigenvalue weighted by molar-refractivity contribution is 0.701. The van der Waals surface area contributed by atoms with E-state index in [0.29, 0.717) is 0 Å². The normalized spacial score (nSPS) is 10.6. The van der Waals surface area contributed by atoms with Crippen LogP contribution in [0.1, 0.15) is 22.2 Å². The van der Waals surface area contributed by atoms with Crippen LogP contribution in [-0.2, 0) is 19.5 Å². The largest absolute Gasteiger partial charge is 0.308 e.